The van der Waals surface area contributed by atoms with E-state index < -0.39 is 18.6 Å². The van der Waals surface area contributed by atoms with Crippen molar-refractivity contribution in [3.05, 3.63) is 34.9 Å². The first-order valence-corrected chi connectivity index (χ1v) is 4.70. The number of benzene rings is 1. The maximum Gasteiger partial charge on any atom is 0.289 e. The topological polar surface area (TPSA) is 46.2 Å². The van der Waals surface area contributed by atoms with Gasteiger partial charge in [0.2, 0.25) is 0 Å². The Morgan fingerprint density at radius 3 is 2.38 bits per heavy atom. The fraction of sp³-hybridized carbons (Fsp3) is 0.455. The van der Waals surface area contributed by atoms with E-state index in [2.05, 4.69) is 0 Å². The van der Waals surface area contributed by atoms with E-state index in [1.54, 1.807) is 25.1 Å². The number of rotatable bonds is 3. The zero-order valence-corrected chi connectivity index (χ0v) is 10.0. The van der Waals surface area contributed by atoms with Crippen LogP contribution in [0.1, 0.15) is 22.7 Å². The van der Waals surface area contributed by atoms with Crippen LogP contribution >= 0.6 is 12.4 Å². The minimum Gasteiger partial charge on any atom is -0.390 e. The highest BCUT2D eigenvalue weighted by atomic mass is 35.5. The Morgan fingerprint density at radius 2 is 1.94 bits per heavy atom. The highest BCUT2D eigenvalue weighted by Crippen LogP contribution is 2.30. The zero-order valence-electron chi connectivity index (χ0n) is 9.21. The van der Waals surface area contributed by atoms with Crippen LogP contribution in [0.25, 0.3) is 0 Å². The third-order valence-electron chi connectivity index (χ3n) is 2.43. The van der Waals surface area contributed by atoms with Crippen molar-refractivity contribution >= 4 is 12.4 Å². The molecule has 1 aromatic carbocycles. The Labute approximate surface area is 99.9 Å². The number of halogens is 3. The van der Waals surface area contributed by atoms with Crippen molar-refractivity contribution in [3.63, 3.8) is 0 Å². The molecule has 0 radical (unpaired) electrons. The monoisotopic (exact) mass is 251 g/mol. The van der Waals surface area contributed by atoms with Gasteiger partial charge in [-0.15, -0.1) is 12.4 Å². The van der Waals surface area contributed by atoms with Gasteiger partial charge in [-0.2, -0.15) is 0 Å². The molecule has 1 atom stereocenters. The number of alkyl halides is 2. The van der Waals surface area contributed by atoms with Crippen molar-refractivity contribution in [1.29, 1.82) is 0 Å². The third kappa shape index (κ3) is 3.14. The third-order valence-corrected chi connectivity index (χ3v) is 2.43. The first-order valence-electron chi connectivity index (χ1n) is 4.70. The number of aliphatic hydroxyl groups excluding tert-OH is 1. The molecule has 0 aliphatic rings. The fourth-order valence-electron chi connectivity index (χ4n) is 1.50. The van der Waals surface area contributed by atoms with Crippen LogP contribution in [0.4, 0.5) is 8.78 Å². The highest BCUT2D eigenvalue weighted by Gasteiger charge is 2.37. The first kappa shape index (κ1) is 15.3. The van der Waals surface area contributed by atoms with Gasteiger partial charge in [-0.1, -0.05) is 23.8 Å². The van der Waals surface area contributed by atoms with Crippen LogP contribution in [0.15, 0.2) is 18.2 Å². The van der Waals surface area contributed by atoms with Crippen LogP contribution in [0.2, 0.25) is 0 Å². The molecule has 1 rings (SSSR count). The number of hydrogen-bond acceptors (Lipinski definition) is 2. The Hall–Kier alpha value is -0.710. The number of aliphatic hydroxyl groups is 1. The lowest BCUT2D eigenvalue weighted by atomic mass is 9.96. The van der Waals surface area contributed by atoms with Gasteiger partial charge in [-0.3, -0.25) is 0 Å². The molecule has 0 aliphatic carbocycles. The van der Waals surface area contributed by atoms with Gasteiger partial charge in [0.05, 0.1) is 6.04 Å². The molecular weight excluding hydrogens is 236 g/mol. The molecule has 0 unspecified atom stereocenters. The van der Waals surface area contributed by atoms with Crippen molar-refractivity contribution in [2.45, 2.75) is 25.8 Å². The minimum absolute atomic E-state index is 0. The average Bonchev–Trinajstić information content (AvgIpc) is 2.17. The molecule has 2 nitrogen and oxygen atoms in total. The van der Waals surface area contributed by atoms with Gasteiger partial charge >= 0.3 is 0 Å². The van der Waals surface area contributed by atoms with E-state index in [-0.39, 0.29) is 12.4 Å². The summed E-state index contributed by atoms with van der Waals surface area (Å²) in [7, 11) is 0. The quantitative estimate of drug-likeness (QED) is 0.866. The molecule has 0 saturated carbocycles. The van der Waals surface area contributed by atoms with E-state index >= 15 is 0 Å². The summed E-state index contributed by atoms with van der Waals surface area (Å²) in [5.74, 6) is -3.28. The van der Waals surface area contributed by atoms with Crippen LogP contribution in [0.3, 0.4) is 0 Å². The molecule has 0 bridgehead atoms. The number of aryl methyl sites for hydroxylation is 2. The van der Waals surface area contributed by atoms with Gasteiger partial charge in [0.1, 0.15) is 6.61 Å². The van der Waals surface area contributed by atoms with Crippen molar-refractivity contribution in [2.24, 2.45) is 5.73 Å². The summed E-state index contributed by atoms with van der Waals surface area (Å²) in [6.07, 6.45) is 0. The highest BCUT2D eigenvalue weighted by molar-refractivity contribution is 5.85. The second kappa shape index (κ2) is 5.57. The van der Waals surface area contributed by atoms with Crippen molar-refractivity contribution in [3.8, 4) is 0 Å². The van der Waals surface area contributed by atoms with Gasteiger partial charge in [-0.25, -0.2) is 8.78 Å². The number of hydrogen-bond donors (Lipinski definition) is 2. The van der Waals surface area contributed by atoms with E-state index in [0.29, 0.717) is 5.56 Å². The van der Waals surface area contributed by atoms with Gasteiger partial charge in [-0.05, 0) is 25.0 Å². The Kier molecular flexibility index (Phi) is 5.32. The van der Waals surface area contributed by atoms with E-state index in [0.717, 1.165) is 11.1 Å². The standard InChI is InChI=1S/C11H15F2NO.ClH/c1-7-3-4-9(8(2)5-7)10(14)11(12,13)6-15;/h3-5,10,15H,6,14H2,1-2H3;1H/t10-;/m0./s1. The van der Waals surface area contributed by atoms with Crippen molar-refractivity contribution in [2.75, 3.05) is 6.61 Å². The molecule has 16 heavy (non-hydrogen) atoms. The molecule has 0 heterocycles. The maximum absolute atomic E-state index is 13.1. The van der Waals surface area contributed by atoms with E-state index in [4.69, 9.17) is 10.8 Å². The minimum atomic E-state index is -3.28. The van der Waals surface area contributed by atoms with Crippen LogP contribution in [0, 0.1) is 13.8 Å². The molecule has 0 spiro atoms. The molecular formula is C11H16ClF2NO. The van der Waals surface area contributed by atoms with E-state index in [1.807, 2.05) is 6.92 Å². The van der Waals surface area contributed by atoms with Crippen LogP contribution < -0.4 is 5.73 Å². The van der Waals surface area contributed by atoms with Crippen LogP contribution in [-0.2, 0) is 0 Å². The van der Waals surface area contributed by atoms with Crippen LogP contribution in [-0.4, -0.2) is 17.6 Å². The fourth-order valence-corrected chi connectivity index (χ4v) is 1.50. The lowest BCUT2D eigenvalue weighted by Gasteiger charge is -2.23. The molecule has 0 aromatic heterocycles. The van der Waals surface area contributed by atoms with Gasteiger partial charge < -0.3 is 10.8 Å². The lowest BCUT2D eigenvalue weighted by molar-refractivity contribution is -0.0713. The smallest absolute Gasteiger partial charge is 0.289 e. The normalized spacial score (nSPS) is 13.1. The molecule has 92 valence electrons. The van der Waals surface area contributed by atoms with E-state index in [1.165, 1.54) is 0 Å². The number of nitrogens with two attached hydrogens (primary N) is 1. The molecule has 0 fully saturated rings. The summed E-state index contributed by atoms with van der Waals surface area (Å²) in [5.41, 5.74) is 7.51. The summed E-state index contributed by atoms with van der Waals surface area (Å²) in [6.45, 7) is 2.38. The Morgan fingerprint density at radius 1 is 1.38 bits per heavy atom. The van der Waals surface area contributed by atoms with Crippen molar-refractivity contribution in [1.82, 2.24) is 0 Å². The average molecular weight is 252 g/mol. The largest absolute Gasteiger partial charge is 0.390 e. The second-order valence-corrected chi connectivity index (χ2v) is 3.76. The SMILES string of the molecule is Cc1ccc([C@H](N)C(F)(F)CO)c(C)c1.Cl. The van der Waals surface area contributed by atoms with Gasteiger partial charge in [0, 0.05) is 0 Å². The second-order valence-electron chi connectivity index (χ2n) is 3.76. The summed E-state index contributed by atoms with van der Waals surface area (Å²) in [5, 5.41) is 8.54. The van der Waals surface area contributed by atoms with E-state index in [9.17, 15) is 8.78 Å². The first-order chi connectivity index (χ1) is 6.88. The van der Waals surface area contributed by atoms with Gasteiger partial charge in [0.25, 0.3) is 5.92 Å². The van der Waals surface area contributed by atoms with Crippen molar-refractivity contribution < 1.29 is 13.9 Å². The molecule has 0 saturated heterocycles. The molecule has 5 heteroatoms. The molecule has 0 amide bonds. The summed E-state index contributed by atoms with van der Waals surface area (Å²) in [6, 6.07) is 3.65. The predicted octanol–water partition coefficient (Wildman–Crippen LogP) is 2.35. The summed E-state index contributed by atoms with van der Waals surface area (Å²) >= 11 is 0. The summed E-state index contributed by atoms with van der Waals surface area (Å²) in [4.78, 5) is 0. The predicted molar refractivity (Wildman–Crippen MR) is 62.1 cm³/mol. The molecule has 0 aliphatic heterocycles. The Bertz CT molecular complexity index is 358. The Balaban J connectivity index is 0.00000225. The maximum atomic E-state index is 13.1. The molecule has 3 N–H and O–H groups in total. The zero-order chi connectivity index (χ0) is 11.6. The van der Waals surface area contributed by atoms with Gasteiger partial charge in [0.15, 0.2) is 0 Å². The molecule has 1 aromatic rings. The summed E-state index contributed by atoms with van der Waals surface area (Å²) < 4.78 is 26.3. The van der Waals surface area contributed by atoms with Crippen LogP contribution in [0.5, 0.6) is 0 Å². The lowest BCUT2D eigenvalue weighted by Crippen LogP contribution is -2.36.